The molecule has 2 saturated heterocycles. The molecule has 2 heterocycles. The van der Waals surface area contributed by atoms with Crippen LogP contribution in [0.5, 0.6) is 0 Å². The summed E-state index contributed by atoms with van der Waals surface area (Å²) in [7, 11) is -2.86. The van der Waals surface area contributed by atoms with Gasteiger partial charge in [0, 0.05) is 6.54 Å². The molecule has 0 amide bonds. The third-order valence-electron chi connectivity index (χ3n) is 2.85. The largest absolute Gasteiger partial charge is 0.357 e. The molecule has 2 aliphatic heterocycles. The van der Waals surface area contributed by atoms with E-state index in [1.165, 1.54) is 0 Å². The lowest BCUT2D eigenvalue weighted by molar-refractivity contribution is 0.318. The Morgan fingerprint density at radius 3 is 2.80 bits per heavy atom. The molecule has 2 atom stereocenters. The molecule has 0 aliphatic carbocycles. The molecule has 0 aromatic heterocycles. The number of nitrogens with one attached hydrogen (secondary N) is 1. The highest BCUT2D eigenvalue weighted by molar-refractivity contribution is 7.91. The van der Waals surface area contributed by atoms with E-state index in [1.54, 1.807) is 0 Å². The van der Waals surface area contributed by atoms with E-state index in [-0.39, 0.29) is 23.6 Å². The van der Waals surface area contributed by atoms with Crippen LogP contribution in [0.2, 0.25) is 0 Å². The molecule has 2 fully saturated rings. The van der Waals surface area contributed by atoms with E-state index in [9.17, 15) is 8.42 Å². The zero-order chi connectivity index (χ0) is 11.2. The Labute approximate surface area is 95.9 Å². The average Bonchev–Trinajstić information content (AvgIpc) is 2.47. The predicted octanol–water partition coefficient (Wildman–Crippen LogP) is -0.00190. The lowest BCUT2D eigenvalue weighted by Gasteiger charge is -2.24. The lowest BCUT2D eigenvalue weighted by atomic mass is 10.1. The van der Waals surface area contributed by atoms with Crippen LogP contribution in [-0.2, 0) is 9.84 Å². The molecular weight excluding hydrogens is 232 g/mol. The van der Waals surface area contributed by atoms with E-state index < -0.39 is 9.84 Å². The topological polar surface area (TPSA) is 49.4 Å². The molecule has 0 unspecified atom stereocenters. The standard InChI is InChI=1S/C9H16N2O2S2/c1-6(2)3-11-8-5-15(12,13)4-7(8)10-9(11)14/h6-8H,3-5H2,1-2H3,(H,10,14)/t7-,8+/m1/s1. The van der Waals surface area contributed by atoms with Crippen LogP contribution in [0.25, 0.3) is 0 Å². The molecule has 6 heteroatoms. The van der Waals surface area contributed by atoms with Gasteiger partial charge in [-0.3, -0.25) is 0 Å². The van der Waals surface area contributed by atoms with Gasteiger partial charge in [0.2, 0.25) is 0 Å². The van der Waals surface area contributed by atoms with Crippen molar-refractivity contribution in [3.8, 4) is 0 Å². The molecule has 0 radical (unpaired) electrons. The van der Waals surface area contributed by atoms with E-state index in [0.717, 1.165) is 6.54 Å². The maximum absolute atomic E-state index is 11.5. The monoisotopic (exact) mass is 248 g/mol. The Balaban J connectivity index is 2.15. The van der Waals surface area contributed by atoms with Crippen LogP contribution in [0.15, 0.2) is 0 Å². The highest BCUT2D eigenvalue weighted by Crippen LogP contribution is 2.24. The fourth-order valence-corrected chi connectivity index (χ4v) is 4.56. The Bertz CT molecular complexity index is 378. The summed E-state index contributed by atoms with van der Waals surface area (Å²) in [5.74, 6) is 0.969. The van der Waals surface area contributed by atoms with E-state index in [4.69, 9.17) is 12.2 Å². The van der Waals surface area contributed by atoms with Gasteiger partial charge < -0.3 is 10.2 Å². The summed E-state index contributed by atoms with van der Waals surface area (Å²) in [6.45, 7) is 5.06. The summed E-state index contributed by atoms with van der Waals surface area (Å²) in [4.78, 5) is 2.04. The van der Waals surface area contributed by atoms with Crippen molar-refractivity contribution in [2.45, 2.75) is 25.9 Å². The summed E-state index contributed by atoms with van der Waals surface area (Å²) in [5.41, 5.74) is 0. The minimum Gasteiger partial charge on any atom is -0.357 e. The minimum absolute atomic E-state index is 0.0150. The smallest absolute Gasteiger partial charge is 0.169 e. The SMILES string of the molecule is CC(C)CN1C(=S)N[C@@H]2CS(=O)(=O)C[C@@H]21. The van der Waals surface area contributed by atoms with Gasteiger partial charge in [-0.2, -0.15) is 0 Å². The quantitative estimate of drug-likeness (QED) is 0.697. The maximum atomic E-state index is 11.5. The maximum Gasteiger partial charge on any atom is 0.169 e. The molecule has 2 aliphatic rings. The van der Waals surface area contributed by atoms with E-state index in [0.29, 0.717) is 11.0 Å². The van der Waals surface area contributed by atoms with Crippen molar-refractivity contribution in [2.24, 2.45) is 5.92 Å². The molecule has 1 N–H and O–H groups in total. The van der Waals surface area contributed by atoms with Crippen molar-refractivity contribution in [2.75, 3.05) is 18.1 Å². The molecular formula is C9H16N2O2S2. The van der Waals surface area contributed by atoms with Crippen LogP contribution < -0.4 is 5.32 Å². The summed E-state index contributed by atoms with van der Waals surface area (Å²) in [6, 6.07) is 0.0751. The second-order valence-electron chi connectivity index (χ2n) is 4.75. The molecule has 0 spiro atoms. The average molecular weight is 248 g/mol. The van der Waals surface area contributed by atoms with E-state index >= 15 is 0 Å². The first kappa shape index (κ1) is 11.1. The van der Waals surface area contributed by atoms with Gasteiger partial charge in [-0.05, 0) is 18.1 Å². The van der Waals surface area contributed by atoms with Gasteiger partial charge in [0.1, 0.15) is 0 Å². The van der Waals surface area contributed by atoms with Gasteiger partial charge in [0.25, 0.3) is 0 Å². The number of thiocarbonyl (C=S) groups is 1. The first-order chi connectivity index (χ1) is 6.89. The minimum atomic E-state index is -2.86. The Kier molecular flexibility index (Phi) is 2.66. The zero-order valence-electron chi connectivity index (χ0n) is 8.93. The third kappa shape index (κ3) is 2.10. The second-order valence-corrected chi connectivity index (χ2v) is 7.29. The highest BCUT2D eigenvalue weighted by atomic mass is 32.2. The van der Waals surface area contributed by atoms with Crippen molar-refractivity contribution in [1.29, 1.82) is 0 Å². The van der Waals surface area contributed by atoms with Crippen LogP contribution >= 0.6 is 12.2 Å². The summed E-state index contributed by atoms with van der Waals surface area (Å²) >= 11 is 5.21. The molecule has 4 nitrogen and oxygen atoms in total. The van der Waals surface area contributed by atoms with Crippen LogP contribution in [0, 0.1) is 5.92 Å². The van der Waals surface area contributed by atoms with Crippen molar-refractivity contribution in [3.05, 3.63) is 0 Å². The third-order valence-corrected chi connectivity index (χ3v) is 4.92. The van der Waals surface area contributed by atoms with Crippen molar-refractivity contribution in [1.82, 2.24) is 10.2 Å². The van der Waals surface area contributed by atoms with Gasteiger partial charge in [0.15, 0.2) is 14.9 Å². The second kappa shape index (κ2) is 3.59. The Hall–Kier alpha value is -0.360. The van der Waals surface area contributed by atoms with Gasteiger partial charge >= 0.3 is 0 Å². The number of nitrogens with zero attached hydrogens (tertiary/aromatic N) is 1. The zero-order valence-corrected chi connectivity index (χ0v) is 10.6. The number of hydrogen-bond acceptors (Lipinski definition) is 3. The van der Waals surface area contributed by atoms with Crippen molar-refractivity contribution in [3.63, 3.8) is 0 Å². The predicted molar refractivity (Wildman–Crippen MR) is 63.5 cm³/mol. The molecule has 2 rings (SSSR count). The van der Waals surface area contributed by atoms with Crippen LogP contribution in [0.1, 0.15) is 13.8 Å². The van der Waals surface area contributed by atoms with Crippen molar-refractivity contribution >= 4 is 27.2 Å². The number of fused-ring (bicyclic) bond motifs is 1. The van der Waals surface area contributed by atoms with Gasteiger partial charge in [-0.1, -0.05) is 13.8 Å². The van der Waals surface area contributed by atoms with Crippen LogP contribution in [0.4, 0.5) is 0 Å². The van der Waals surface area contributed by atoms with E-state index in [1.807, 2.05) is 4.90 Å². The van der Waals surface area contributed by atoms with Crippen LogP contribution in [-0.4, -0.2) is 48.6 Å². The van der Waals surface area contributed by atoms with Crippen molar-refractivity contribution < 1.29 is 8.42 Å². The summed E-state index contributed by atoms with van der Waals surface area (Å²) in [5, 5.41) is 3.82. The van der Waals surface area contributed by atoms with E-state index in [2.05, 4.69) is 19.2 Å². The fourth-order valence-electron chi connectivity index (χ4n) is 2.28. The Morgan fingerprint density at radius 1 is 1.53 bits per heavy atom. The number of hydrogen-bond donors (Lipinski definition) is 1. The molecule has 0 bridgehead atoms. The Morgan fingerprint density at radius 2 is 2.20 bits per heavy atom. The van der Waals surface area contributed by atoms with Gasteiger partial charge in [-0.15, -0.1) is 0 Å². The number of sulfone groups is 1. The molecule has 0 aromatic carbocycles. The molecule has 0 saturated carbocycles. The first-order valence-electron chi connectivity index (χ1n) is 5.16. The van der Waals surface area contributed by atoms with Crippen LogP contribution in [0.3, 0.4) is 0 Å². The summed E-state index contributed by atoms with van der Waals surface area (Å²) in [6.07, 6.45) is 0. The summed E-state index contributed by atoms with van der Waals surface area (Å²) < 4.78 is 22.9. The van der Waals surface area contributed by atoms with Gasteiger partial charge in [-0.25, -0.2) is 8.42 Å². The first-order valence-corrected chi connectivity index (χ1v) is 7.39. The normalized spacial score (nSPS) is 33.3. The number of rotatable bonds is 2. The highest BCUT2D eigenvalue weighted by Gasteiger charge is 2.46. The lowest BCUT2D eigenvalue weighted by Crippen LogP contribution is -2.39. The van der Waals surface area contributed by atoms with Gasteiger partial charge in [0.05, 0.1) is 23.6 Å². The molecule has 86 valence electrons. The fraction of sp³-hybridized carbons (Fsp3) is 0.889. The molecule has 0 aromatic rings. The molecule has 15 heavy (non-hydrogen) atoms.